The second kappa shape index (κ2) is 9.25. The first-order chi connectivity index (χ1) is 20.3. The summed E-state index contributed by atoms with van der Waals surface area (Å²) in [4.78, 5) is 58.9. The van der Waals surface area contributed by atoms with Crippen LogP contribution < -0.4 is 9.80 Å². The first-order valence-electron chi connectivity index (χ1n) is 14.1. The summed E-state index contributed by atoms with van der Waals surface area (Å²) in [6.45, 7) is 0. The zero-order valence-corrected chi connectivity index (χ0v) is 23.7. The van der Waals surface area contributed by atoms with Crippen LogP contribution in [0.25, 0.3) is 5.57 Å². The van der Waals surface area contributed by atoms with Crippen molar-refractivity contribution in [1.82, 2.24) is 0 Å². The van der Waals surface area contributed by atoms with E-state index in [1.807, 2.05) is 42.5 Å². The van der Waals surface area contributed by atoms with Gasteiger partial charge in [-0.05, 0) is 59.9 Å². The Hall–Kier alpha value is -4.00. The molecule has 6 aliphatic rings. The molecule has 0 unspecified atom stereocenters. The van der Waals surface area contributed by atoms with Crippen LogP contribution in [0.15, 0.2) is 96.6 Å². The number of anilines is 2. The van der Waals surface area contributed by atoms with Crippen molar-refractivity contribution in [3.05, 3.63) is 112 Å². The molecule has 0 spiro atoms. The molecular formula is C34H24Cl2N2O4. The molecule has 0 N–H and O–H groups in total. The third-order valence-corrected chi connectivity index (χ3v) is 10.2. The Morgan fingerprint density at radius 3 is 1.83 bits per heavy atom. The number of hydrogen-bond donors (Lipinski definition) is 0. The summed E-state index contributed by atoms with van der Waals surface area (Å²) >= 11 is 12.5. The molecule has 2 bridgehead atoms. The highest BCUT2D eigenvalue weighted by Gasteiger charge is 2.67. The van der Waals surface area contributed by atoms with Gasteiger partial charge in [-0.3, -0.25) is 19.2 Å². The van der Waals surface area contributed by atoms with Crippen molar-refractivity contribution in [3.8, 4) is 0 Å². The van der Waals surface area contributed by atoms with Crippen molar-refractivity contribution in [3.63, 3.8) is 0 Å². The predicted molar refractivity (Wildman–Crippen MR) is 159 cm³/mol. The van der Waals surface area contributed by atoms with E-state index in [1.54, 1.807) is 48.5 Å². The van der Waals surface area contributed by atoms with E-state index in [0.717, 1.165) is 16.7 Å². The highest BCUT2D eigenvalue weighted by Crippen LogP contribution is 2.63. The van der Waals surface area contributed by atoms with Crippen molar-refractivity contribution < 1.29 is 19.2 Å². The zero-order chi connectivity index (χ0) is 28.9. The number of fused-ring (bicyclic) bond motifs is 1. The monoisotopic (exact) mass is 594 g/mol. The molecule has 3 aromatic carbocycles. The van der Waals surface area contributed by atoms with Gasteiger partial charge in [0.1, 0.15) is 0 Å². The molecule has 208 valence electrons. The lowest BCUT2D eigenvalue weighted by Gasteiger charge is -2.51. The molecule has 1 saturated carbocycles. The van der Waals surface area contributed by atoms with Crippen LogP contribution >= 0.6 is 23.2 Å². The number of rotatable bonds is 3. The van der Waals surface area contributed by atoms with Gasteiger partial charge in [-0.25, -0.2) is 9.80 Å². The molecule has 6 nitrogen and oxygen atoms in total. The summed E-state index contributed by atoms with van der Waals surface area (Å²) < 4.78 is 0. The standard InChI is InChI=1S/C34H24Cl2N2O4/c35-18-8-4-10-20(14-18)37-31(39)25-16-24(17-6-2-1-3-7-17)26-22-12-13-23(27(26)30(25)34(37)42)29-28(22)32(40)38(33(29)41)21-11-5-9-19(36)15-21/h1-15,22-23,25,27-30H,16H2/t22-,23-,25-,27+,28-,29+,30-/m1/s1. The zero-order valence-electron chi connectivity index (χ0n) is 22.2. The third-order valence-electron chi connectivity index (χ3n) is 9.76. The van der Waals surface area contributed by atoms with Crippen molar-refractivity contribution in [2.45, 2.75) is 6.42 Å². The maximum atomic E-state index is 14.2. The van der Waals surface area contributed by atoms with Crippen LogP contribution in [0.2, 0.25) is 10.0 Å². The van der Waals surface area contributed by atoms with E-state index in [-0.39, 0.29) is 35.5 Å². The number of amides is 4. The van der Waals surface area contributed by atoms with E-state index < -0.39 is 29.6 Å². The molecular weight excluding hydrogens is 571 g/mol. The Morgan fingerprint density at radius 1 is 0.595 bits per heavy atom. The van der Waals surface area contributed by atoms with Gasteiger partial charge in [-0.15, -0.1) is 0 Å². The van der Waals surface area contributed by atoms with E-state index in [2.05, 4.69) is 0 Å². The molecule has 2 heterocycles. The topological polar surface area (TPSA) is 74.8 Å². The van der Waals surface area contributed by atoms with Gasteiger partial charge in [0.25, 0.3) is 0 Å². The number of carbonyl (C=O) groups is 4. The molecule has 2 saturated heterocycles. The van der Waals surface area contributed by atoms with Gasteiger partial charge >= 0.3 is 0 Å². The predicted octanol–water partition coefficient (Wildman–Crippen LogP) is 6.19. The smallest absolute Gasteiger partial charge is 0.238 e. The molecule has 4 amide bonds. The number of hydrogen-bond acceptors (Lipinski definition) is 4. The van der Waals surface area contributed by atoms with Crippen molar-refractivity contribution in [2.24, 2.45) is 41.4 Å². The SMILES string of the molecule is O=C1[C@H]2[C@@H]3C=C[C@H](C4=C(c5ccccc5)C[C@H]5C(=O)N(c6cccc(Cl)c6)C(=O)[C@H]5[C@H]43)[C@H]2C(=O)N1c1cccc(Cl)c1. The summed E-state index contributed by atoms with van der Waals surface area (Å²) in [6, 6.07) is 23.4. The minimum atomic E-state index is -0.638. The van der Waals surface area contributed by atoms with Crippen LogP contribution in [0, 0.1) is 41.4 Å². The third kappa shape index (κ3) is 3.45. The Labute approximate surface area is 252 Å². The molecule has 42 heavy (non-hydrogen) atoms. The van der Waals surface area contributed by atoms with Crippen LogP contribution in [-0.4, -0.2) is 23.6 Å². The van der Waals surface area contributed by atoms with Gasteiger partial charge in [-0.2, -0.15) is 0 Å². The lowest BCUT2D eigenvalue weighted by Crippen LogP contribution is -2.51. The highest BCUT2D eigenvalue weighted by atomic mass is 35.5. The lowest BCUT2D eigenvalue weighted by molar-refractivity contribution is -0.129. The summed E-state index contributed by atoms with van der Waals surface area (Å²) in [7, 11) is 0. The Morgan fingerprint density at radius 2 is 1.19 bits per heavy atom. The Bertz CT molecular complexity index is 1780. The average Bonchev–Trinajstić information content (AvgIpc) is 3.42. The van der Waals surface area contributed by atoms with E-state index in [0.29, 0.717) is 27.8 Å². The van der Waals surface area contributed by atoms with Crippen LogP contribution in [0.4, 0.5) is 11.4 Å². The van der Waals surface area contributed by atoms with Gasteiger partial charge < -0.3 is 0 Å². The molecule has 9 rings (SSSR count). The fourth-order valence-electron chi connectivity index (χ4n) is 8.26. The number of nitrogens with zero attached hydrogens (tertiary/aromatic N) is 2. The molecule has 4 aliphatic carbocycles. The van der Waals surface area contributed by atoms with Crippen molar-refractivity contribution in [2.75, 3.05) is 9.80 Å². The molecule has 0 aromatic heterocycles. The molecule has 0 radical (unpaired) electrons. The minimum Gasteiger partial charge on any atom is -0.274 e. The lowest BCUT2D eigenvalue weighted by atomic mass is 9.49. The summed E-state index contributed by atoms with van der Waals surface area (Å²) in [6.07, 6.45) is 4.44. The number of benzene rings is 3. The van der Waals surface area contributed by atoms with Crippen molar-refractivity contribution in [1.29, 1.82) is 0 Å². The second-order valence-corrected chi connectivity index (χ2v) is 12.6. The van der Waals surface area contributed by atoms with Gasteiger partial charge in [-0.1, -0.05) is 83.4 Å². The fraction of sp³-hybridized carbons (Fsp3) is 0.235. The first-order valence-corrected chi connectivity index (χ1v) is 14.8. The molecule has 8 heteroatoms. The molecule has 3 fully saturated rings. The van der Waals surface area contributed by atoms with Crippen LogP contribution in [0.1, 0.15) is 12.0 Å². The average molecular weight is 595 g/mol. The fourth-order valence-corrected chi connectivity index (χ4v) is 8.62. The van der Waals surface area contributed by atoms with E-state index in [1.165, 1.54) is 9.80 Å². The first kappa shape index (κ1) is 25.7. The number of allylic oxidation sites excluding steroid dienone is 4. The highest BCUT2D eigenvalue weighted by molar-refractivity contribution is 6.32. The number of imide groups is 2. The largest absolute Gasteiger partial charge is 0.274 e. The molecule has 2 aliphatic heterocycles. The van der Waals surface area contributed by atoms with Crippen molar-refractivity contribution >= 4 is 63.8 Å². The normalized spacial score (nSPS) is 31.1. The van der Waals surface area contributed by atoms with Crippen LogP contribution in [0.3, 0.4) is 0 Å². The maximum Gasteiger partial charge on any atom is 0.238 e. The van der Waals surface area contributed by atoms with E-state index >= 15 is 0 Å². The van der Waals surface area contributed by atoms with E-state index in [4.69, 9.17) is 23.2 Å². The van der Waals surface area contributed by atoms with Gasteiger partial charge in [0.2, 0.25) is 23.6 Å². The molecule has 7 atom stereocenters. The van der Waals surface area contributed by atoms with Crippen LogP contribution in [-0.2, 0) is 19.2 Å². The number of carbonyl (C=O) groups excluding carboxylic acids is 4. The van der Waals surface area contributed by atoms with Gasteiger partial charge in [0.05, 0.1) is 35.0 Å². The summed E-state index contributed by atoms with van der Waals surface area (Å²) in [5.74, 6) is -4.63. The van der Waals surface area contributed by atoms with Crippen LogP contribution in [0.5, 0.6) is 0 Å². The van der Waals surface area contributed by atoms with Gasteiger partial charge in [0.15, 0.2) is 0 Å². The Balaban J connectivity index is 1.29. The van der Waals surface area contributed by atoms with Gasteiger partial charge in [0, 0.05) is 21.9 Å². The summed E-state index contributed by atoms with van der Waals surface area (Å²) in [5, 5.41) is 0.872. The molecule has 3 aromatic rings. The Kier molecular flexibility index (Phi) is 5.66. The number of halogens is 2. The minimum absolute atomic E-state index is 0.249. The van der Waals surface area contributed by atoms with E-state index in [9.17, 15) is 19.2 Å². The second-order valence-electron chi connectivity index (χ2n) is 11.7. The summed E-state index contributed by atoms with van der Waals surface area (Å²) in [5.41, 5.74) is 3.87. The maximum absolute atomic E-state index is 14.2. The quantitative estimate of drug-likeness (QED) is 0.267.